The first kappa shape index (κ1) is 14.1. The quantitative estimate of drug-likeness (QED) is 0.899. The second kappa shape index (κ2) is 5.79. The van der Waals surface area contributed by atoms with E-state index >= 15 is 0 Å². The van der Waals surface area contributed by atoms with Gasteiger partial charge in [0.05, 0.1) is 12.1 Å². The topological polar surface area (TPSA) is 25.2 Å². The van der Waals surface area contributed by atoms with Crippen LogP contribution in [0.1, 0.15) is 16.9 Å². The lowest BCUT2D eigenvalue weighted by Gasteiger charge is -2.08. The average molecular weight is 334 g/mol. The van der Waals surface area contributed by atoms with Crippen molar-refractivity contribution in [1.29, 1.82) is 0 Å². The van der Waals surface area contributed by atoms with Gasteiger partial charge in [-0.25, -0.2) is 0 Å². The van der Waals surface area contributed by atoms with Gasteiger partial charge >= 0.3 is 6.18 Å². The van der Waals surface area contributed by atoms with Gasteiger partial charge in [-0.05, 0) is 45.8 Å². The molecule has 0 bridgehead atoms. The van der Waals surface area contributed by atoms with Gasteiger partial charge in [-0.2, -0.15) is 13.2 Å². The highest BCUT2D eigenvalue weighted by Gasteiger charge is 2.29. The molecule has 0 aliphatic heterocycles. The van der Waals surface area contributed by atoms with E-state index in [1.165, 1.54) is 12.1 Å². The Morgan fingerprint density at radius 1 is 1.00 bits per heavy atom. The average Bonchev–Trinajstić information content (AvgIpc) is 2.75. The van der Waals surface area contributed by atoms with Crippen LogP contribution in [0.2, 0.25) is 0 Å². The van der Waals surface area contributed by atoms with Gasteiger partial charge in [-0.15, -0.1) is 0 Å². The lowest BCUT2D eigenvalue weighted by molar-refractivity contribution is -0.137. The van der Waals surface area contributed by atoms with Gasteiger partial charge in [0.2, 0.25) is 0 Å². The van der Waals surface area contributed by atoms with Crippen molar-refractivity contribution in [3.63, 3.8) is 0 Å². The van der Waals surface area contributed by atoms with Gasteiger partial charge in [-0.3, -0.25) is 0 Å². The molecule has 0 saturated heterocycles. The molecule has 0 spiro atoms. The molecule has 0 amide bonds. The Hall–Kier alpha value is -1.27. The number of hydrogen-bond donors (Lipinski definition) is 1. The first-order chi connectivity index (χ1) is 8.95. The summed E-state index contributed by atoms with van der Waals surface area (Å²) in [6.45, 7) is 1.00. The van der Waals surface area contributed by atoms with E-state index in [-0.39, 0.29) is 0 Å². The molecule has 1 heterocycles. The normalized spacial score (nSPS) is 11.8. The van der Waals surface area contributed by atoms with E-state index in [4.69, 9.17) is 4.42 Å². The second-order valence-electron chi connectivity index (χ2n) is 4.00. The van der Waals surface area contributed by atoms with Crippen molar-refractivity contribution in [2.24, 2.45) is 0 Å². The van der Waals surface area contributed by atoms with Gasteiger partial charge < -0.3 is 9.73 Å². The first-order valence-corrected chi connectivity index (χ1v) is 6.35. The summed E-state index contributed by atoms with van der Waals surface area (Å²) in [6, 6.07) is 8.71. The molecule has 1 aromatic carbocycles. The molecular formula is C13H11BrF3NO. The van der Waals surface area contributed by atoms with E-state index in [0.29, 0.717) is 17.8 Å². The lowest BCUT2D eigenvalue weighted by Crippen LogP contribution is -2.12. The van der Waals surface area contributed by atoms with Crippen LogP contribution in [0.4, 0.5) is 13.2 Å². The molecule has 0 unspecified atom stereocenters. The van der Waals surface area contributed by atoms with Crippen LogP contribution in [0.25, 0.3) is 0 Å². The summed E-state index contributed by atoms with van der Waals surface area (Å²) in [7, 11) is 0. The van der Waals surface area contributed by atoms with E-state index in [2.05, 4.69) is 21.2 Å². The molecule has 0 aliphatic carbocycles. The molecule has 1 N–H and O–H groups in total. The number of rotatable bonds is 4. The largest absolute Gasteiger partial charge is 0.453 e. The Balaban J connectivity index is 1.86. The fraction of sp³-hybridized carbons (Fsp3) is 0.231. The van der Waals surface area contributed by atoms with Crippen molar-refractivity contribution >= 4 is 15.9 Å². The number of benzene rings is 1. The van der Waals surface area contributed by atoms with Crippen LogP contribution in [0.5, 0.6) is 0 Å². The zero-order valence-corrected chi connectivity index (χ0v) is 11.4. The molecule has 102 valence electrons. The molecular weight excluding hydrogens is 323 g/mol. The number of halogens is 4. The number of nitrogens with one attached hydrogen (secondary N) is 1. The molecule has 0 aliphatic rings. The highest BCUT2D eigenvalue weighted by Crippen LogP contribution is 2.29. The van der Waals surface area contributed by atoms with Crippen LogP contribution in [-0.4, -0.2) is 0 Å². The van der Waals surface area contributed by atoms with Crippen molar-refractivity contribution in [2.75, 3.05) is 0 Å². The zero-order chi connectivity index (χ0) is 13.9. The third-order valence-corrected chi connectivity index (χ3v) is 2.96. The minimum absolute atomic E-state index is 0.483. The zero-order valence-electron chi connectivity index (χ0n) is 9.80. The standard InChI is InChI=1S/C13H11BrF3NO/c14-12-6-5-11(19-12)8-18-7-9-1-3-10(4-2-9)13(15,16)17/h1-6,18H,7-8H2. The molecule has 1 aromatic heterocycles. The minimum atomic E-state index is -4.29. The van der Waals surface area contributed by atoms with E-state index < -0.39 is 11.7 Å². The molecule has 0 radical (unpaired) electrons. The summed E-state index contributed by atoms with van der Waals surface area (Å²) in [5, 5.41) is 3.09. The van der Waals surface area contributed by atoms with Gasteiger partial charge in [0.15, 0.2) is 4.67 Å². The summed E-state index contributed by atoms with van der Waals surface area (Å²) < 4.78 is 43.0. The predicted molar refractivity (Wildman–Crippen MR) is 68.4 cm³/mol. The van der Waals surface area contributed by atoms with Crippen LogP contribution < -0.4 is 5.32 Å². The second-order valence-corrected chi connectivity index (χ2v) is 4.79. The summed E-state index contributed by atoms with van der Waals surface area (Å²) in [5.74, 6) is 0.763. The Morgan fingerprint density at radius 3 is 2.21 bits per heavy atom. The maximum absolute atomic E-state index is 12.4. The van der Waals surface area contributed by atoms with Crippen LogP contribution in [-0.2, 0) is 19.3 Å². The van der Waals surface area contributed by atoms with Crippen LogP contribution in [0.3, 0.4) is 0 Å². The fourth-order valence-corrected chi connectivity index (χ4v) is 1.93. The highest BCUT2D eigenvalue weighted by atomic mass is 79.9. The molecule has 2 aromatic rings. The molecule has 2 rings (SSSR count). The smallest absolute Gasteiger partial charge is 0.416 e. The van der Waals surface area contributed by atoms with E-state index in [0.717, 1.165) is 23.5 Å². The third kappa shape index (κ3) is 4.11. The van der Waals surface area contributed by atoms with Crippen molar-refractivity contribution in [3.05, 3.63) is 58.0 Å². The Morgan fingerprint density at radius 2 is 1.68 bits per heavy atom. The predicted octanol–water partition coefficient (Wildman–Crippen LogP) is 4.35. The summed E-state index contributed by atoms with van der Waals surface area (Å²) in [4.78, 5) is 0. The van der Waals surface area contributed by atoms with Gasteiger partial charge in [-0.1, -0.05) is 12.1 Å². The minimum Gasteiger partial charge on any atom is -0.453 e. The van der Waals surface area contributed by atoms with Crippen molar-refractivity contribution in [2.45, 2.75) is 19.3 Å². The SMILES string of the molecule is FC(F)(F)c1ccc(CNCc2ccc(Br)o2)cc1. The molecule has 19 heavy (non-hydrogen) atoms. The van der Waals surface area contributed by atoms with E-state index in [9.17, 15) is 13.2 Å². The van der Waals surface area contributed by atoms with Crippen LogP contribution in [0, 0.1) is 0 Å². The van der Waals surface area contributed by atoms with Crippen molar-refractivity contribution in [3.8, 4) is 0 Å². The van der Waals surface area contributed by atoms with Crippen LogP contribution in [0.15, 0.2) is 45.5 Å². The van der Waals surface area contributed by atoms with E-state index in [1.807, 2.05) is 6.07 Å². The number of alkyl halides is 3. The van der Waals surface area contributed by atoms with E-state index in [1.54, 1.807) is 6.07 Å². The van der Waals surface area contributed by atoms with Crippen LogP contribution >= 0.6 is 15.9 Å². The highest BCUT2D eigenvalue weighted by molar-refractivity contribution is 9.10. The van der Waals surface area contributed by atoms with Gasteiger partial charge in [0, 0.05) is 6.54 Å². The third-order valence-electron chi connectivity index (χ3n) is 2.54. The number of hydrogen-bond acceptors (Lipinski definition) is 2. The summed E-state index contributed by atoms with van der Waals surface area (Å²) >= 11 is 3.19. The summed E-state index contributed by atoms with van der Waals surface area (Å²) in [5.41, 5.74) is 0.157. The lowest BCUT2D eigenvalue weighted by atomic mass is 10.1. The fourth-order valence-electron chi connectivity index (χ4n) is 1.59. The van der Waals surface area contributed by atoms with Gasteiger partial charge in [0.25, 0.3) is 0 Å². The molecule has 0 saturated carbocycles. The van der Waals surface area contributed by atoms with Crippen molar-refractivity contribution < 1.29 is 17.6 Å². The molecule has 6 heteroatoms. The van der Waals surface area contributed by atoms with Crippen molar-refractivity contribution in [1.82, 2.24) is 5.32 Å². The molecule has 2 nitrogen and oxygen atoms in total. The molecule has 0 atom stereocenters. The monoisotopic (exact) mass is 333 g/mol. The Bertz CT molecular complexity index is 534. The maximum Gasteiger partial charge on any atom is 0.416 e. The first-order valence-electron chi connectivity index (χ1n) is 5.56. The Labute approximate surface area is 116 Å². The maximum atomic E-state index is 12.4. The number of furan rings is 1. The molecule has 0 fully saturated rings. The summed E-state index contributed by atoms with van der Waals surface area (Å²) in [6.07, 6.45) is -4.29. The van der Waals surface area contributed by atoms with Gasteiger partial charge in [0.1, 0.15) is 5.76 Å². The Kier molecular flexibility index (Phi) is 4.31.